The van der Waals surface area contributed by atoms with Crippen LogP contribution in [0.1, 0.15) is 5.56 Å². The van der Waals surface area contributed by atoms with Gasteiger partial charge in [-0.2, -0.15) is 0 Å². The predicted octanol–water partition coefficient (Wildman–Crippen LogP) is 2.69. The minimum Gasteiger partial charge on any atom is -0.472 e. The molecule has 1 nitrogen and oxygen atoms in total. The van der Waals surface area contributed by atoms with Gasteiger partial charge < -0.3 is 4.42 Å². The Morgan fingerprint density at radius 2 is 2.50 bits per heavy atom. The standard InChI is InChI=1S/C6H5IO/c7-3-1-6-2-4-8-5-6/h1-5H/b3-1+. The minimum atomic E-state index is 1.11. The quantitative estimate of drug-likeness (QED) is 0.663. The van der Waals surface area contributed by atoms with Crippen molar-refractivity contribution in [3.63, 3.8) is 0 Å². The van der Waals surface area contributed by atoms with E-state index in [0.29, 0.717) is 0 Å². The Bertz CT molecular complexity index is 165. The number of hydrogen-bond donors (Lipinski definition) is 0. The zero-order valence-corrected chi connectivity index (χ0v) is 6.33. The van der Waals surface area contributed by atoms with E-state index >= 15 is 0 Å². The maximum Gasteiger partial charge on any atom is 0.0975 e. The first-order chi connectivity index (χ1) is 3.93. The lowest BCUT2D eigenvalue weighted by atomic mass is 10.3. The Morgan fingerprint density at radius 3 is 3.00 bits per heavy atom. The van der Waals surface area contributed by atoms with Crippen molar-refractivity contribution in [2.45, 2.75) is 0 Å². The fourth-order valence-corrected chi connectivity index (χ4v) is 0.858. The first-order valence-electron chi connectivity index (χ1n) is 2.22. The first-order valence-corrected chi connectivity index (χ1v) is 3.47. The maximum absolute atomic E-state index is 4.81. The van der Waals surface area contributed by atoms with E-state index in [9.17, 15) is 0 Å². The van der Waals surface area contributed by atoms with Crippen molar-refractivity contribution in [1.82, 2.24) is 0 Å². The van der Waals surface area contributed by atoms with Crippen molar-refractivity contribution >= 4 is 28.7 Å². The van der Waals surface area contributed by atoms with Crippen LogP contribution in [0.2, 0.25) is 0 Å². The normalized spacial score (nSPS) is 10.6. The second-order valence-corrected chi connectivity index (χ2v) is 2.07. The SMILES string of the molecule is I/C=C/c1ccoc1. The van der Waals surface area contributed by atoms with Crippen LogP contribution in [0.25, 0.3) is 6.08 Å². The van der Waals surface area contributed by atoms with Gasteiger partial charge >= 0.3 is 0 Å². The van der Waals surface area contributed by atoms with Gasteiger partial charge in [0.2, 0.25) is 0 Å². The Balaban J connectivity index is 2.77. The summed E-state index contributed by atoms with van der Waals surface area (Å²) in [4.78, 5) is 0. The molecule has 0 spiro atoms. The molecule has 0 atom stereocenters. The van der Waals surface area contributed by atoms with Crippen LogP contribution in [0.3, 0.4) is 0 Å². The second-order valence-electron chi connectivity index (χ2n) is 1.35. The predicted molar refractivity (Wildman–Crippen MR) is 41.8 cm³/mol. The smallest absolute Gasteiger partial charge is 0.0975 e. The molecule has 1 heterocycles. The molecule has 0 saturated heterocycles. The second kappa shape index (κ2) is 2.91. The largest absolute Gasteiger partial charge is 0.472 e. The van der Waals surface area contributed by atoms with E-state index < -0.39 is 0 Å². The maximum atomic E-state index is 4.81. The van der Waals surface area contributed by atoms with Crippen LogP contribution in [0.15, 0.2) is 27.1 Å². The van der Waals surface area contributed by atoms with Crippen LogP contribution in [-0.4, -0.2) is 0 Å². The van der Waals surface area contributed by atoms with Crippen molar-refractivity contribution in [1.29, 1.82) is 0 Å². The van der Waals surface area contributed by atoms with E-state index in [0.717, 1.165) is 5.56 Å². The fraction of sp³-hybridized carbons (Fsp3) is 0. The fourth-order valence-electron chi connectivity index (χ4n) is 0.443. The Kier molecular flexibility index (Phi) is 2.14. The molecule has 0 aliphatic rings. The van der Waals surface area contributed by atoms with Crippen molar-refractivity contribution in [3.8, 4) is 0 Å². The van der Waals surface area contributed by atoms with Gasteiger partial charge in [-0.05, 0) is 16.2 Å². The van der Waals surface area contributed by atoms with E-state index in [-0.39, 0.29) is 0 Å². The zero-order chi connectivity index (χ0) is 5.82. The lowest BCUT2D eigenvalue weighted by molar-refractivity contribution is 0.567. The summed E-state index contributed by atoms with van der Waals surface area (Å²) in [5, 5.41) is 0. The van der Waals surface area contributed by atoms with Crippen LogP contribution >= 0.6 is 22.6 Å². The molecular formula is C6H5IO. The molecule has 0 bridgehead atoms. The number of rotatable bonds is 1. The van der Waals surface area contributed by atoms with Crippen LogP contribution in [0.5, 0.6) is 0 Å². The van der Waals surface area contributed by atoms with E-state index in [2.05, 4.69) is 22.6 Å². The van der Waals surface area contributed by atoms with Crippen LogP contribution in [0, 0.1) is 0 Å². The van der Waals surface area contributed by atoms with Crippen LogP contribution in [0.4, 0.5) is 0 Å². The number of hydrogen-bond acceptors (Lipinski definition) is 1. The summed E-state index contributed by atoms with van der Waals surface area (Å²) in [6.45, 7) is 0. The molecule has 8 heavy (non-hydrogen) atoms. The molecule has 1 aromatic rings. The molecule has 1 rings (SSSR count). The lowest BCUT2D eigenvalue weighted by Crippen LogP contribution is -1.52. The molecule has 0 amide bonds. The topological polar surface area (TPSA) is 13.1 Å². The Morgan fingerprint density at radius 1 is 1.62 bits per heavy atom. The minimum absolute atomic E-state index is 1.11. The Labute approximate surface area is 61.5 Å². The third-order valence-electron chi connectivity index (χ3n) is 0.799. The molecule has 1 aromatic heterocycles. The van der Waals surface area contributed by atoms with Gasteiger partial charge in [-0.1, -0.05) is 22.6 Å². The summed E-state index contributed by atoms with van der Waals surface area (Å²) in [5.74, 6) is 0. The van der Waals surface area contributed by atoms with Crippen molar-refractivity contribution < 1.29 is 4.42 Å². The van der Waals surface area contributed by atoms with Crippen molar-refractivity contribution in [2.24, 2.45) is 0 Å². The molecule has 0 saturated carbocycles. The molecule has 0 aromatic carbocycles. The molecule has 0 N–H and O–H groups in total. The lowest BCUT2D eigenvalue weighted by Gasteiger charge is -1.72. The third-order valence-corrected chi connectivity index (χ3v) is 1.16. The zero-order valence-electron chi connectivity index (χ0n) is 4.17. The van der Waals surface area contributed by atoms with E-state index in [4.69, 9.17) is 4.42 Å². The van der Waals surface area contributed by atoms with Gasteiger partial charge in [0, 0.05) is 5.56 Å². The van der Waals surface area contributed by atoms with Gasteiger partial charge in [-0.25, -0.2) is 0 Å². The highest BCUT2D eigenvalue weighted by Crippen LogP contribution is 2.03. The van der Waals surface area contributed by atoms with Gasteiger partial charge in [-0.15, -0.1) is 0 Å². The third kappa shape index (κ3) is 1.36. The summed E-state index contributed by atoms with van der Waals surface area (Å²) < 4.78 is 6.76. The van der Waals surface area contributed by atoms with Gasteiger partial charge in [-0.3, -0.25) is 0 Å². The van der Waals surface area contributed by atoms with Crippen molar-refractivity contribution in [3.05, 3.63) is 28.2 Å². The molecule has 0 radical (unpaired) electrons. The highest BCUT2D eigenvalue weighted by atomic mass is 127. The van der Waals surface area contributed by atoms with E-state index in [1.165, 1.54) is 0 Å². The monoisotopic (exact) mass is 220 g/mol. The number of furan rings is 1. The van der Waals surface area contributed by atoms with E-state index in [1.807, 2.05) is 16.2 Å². The molecule has 0 fully saturated rings. The van der Waals surface area contributed by atoms with Crippen molar-refractivity contribution in [2.75, 3.05) is 0 Å². The molecule has 0 unspecified atom stereocenters. The van der Waals surface area contributed by atoms with Crippen LogP contribution < -0.4 is 0 Å². The molecule has 0 aliphatic carbocycles. The van der Waals surface area contributed by atoms with Gasteiger partial charge in [0.1, 0.15) is 0 Å². The van der Waals surface area contributed by atoms with Gasteiger partial charge in [0.25, 0.3) is 0 Å². The number of halogens is 1. The molecule has 0 aliphatic heterocycles. The molecular weight excluding hydrogens is 215 g/mol. The average Bonchev–Trinajstić information content (AvgIpc) is 2.19. The summed E-state index contributed by atoms with van der Waals surface area (Å²) in [7, 11) is 0. The molecule has 42 valence electrons. The summed E-state index contributed by atoms with van der Waals surface area (Å²) in [6.07, 6.45) is 5.34. The van der Waals surface area contributed by atoms with Crippen LogP contribution in [-0.2, 0) is 0 Å². The highest BCUT2D eigenvalue weighted by molar-refractivity contribution is 14.1. The molecule has 2 heteroatoms. The van der Waals surface area contributed by atoms with Gasteiger partial charge in [0.05, 0.1) is 12.5 Å². The van der Waals surface area contributed by atoms with E-state index in [1.54, 1.807) is 12.5 Å². The summed E-state index contributed by atoms with van der Waals surface area (Å²) >= 11 is 2.17. The highest BCUT2D eigenvalue weighted by Gasteiger charge is 1.81. The average molecular weight is 220 g/mol. The van der Waals surface area contributed by atoms with Gasteiger partial charge in [0.15, 0.2) is 0 Å². The Hall–Kier alpha value is -0.250. The summed E-state index contributed by atoms with van der Waals surface area (Å²) in [6, 6.07) is 1.91. The summed E-state index contributed by atoms with van der Waals surface area (Å²) in [5.41, 5.74) is 1.11. The first kappa shape index (κ1) is 5.88.